The van der Waals surface area contributed by atoms with E-state index in [1.54, 1.807) is 6.92 Å². The maximum atomic E-state index is 11.6. The average molecular weight is 224 g/mol. The molecule has 0 bridgehead atoms. The lowest BCUT2D eigenvalue weighted by atomic mass is 9.93. The summed E-state index contributed by atoms with van der Waals surface area (Å²) in [7, 11) is 0. The van der Waals surface area contributed by atoms with Gasteiger partial charge < -0.3 is 9.15 Å². The van der Waals surface area contributed by atoms with Crippen molar-refractivity contribution in [3.8, 4) is 0 Å². The highest BCUT2D eigenvalue weighted by molar-refractivity contribution is 5.88. The van der Waals surface area contributed by atoms with Crippen LogP contribution in [0.3, 0.4) is 0 Å². The molecule has 0 saturated heterocycles. The van der Waals surface area contributed by atoms with Crippen molar-refractivity contribution in [2.45, 2.75) is 33.1 Å². The van der Waals surface area contributed by atoms with Crippen LogP contribution < -0.4 is 5.43 Å². The number of ether oxygens (including phenoxy) is 1. The number of carbonyl (C=O) groups is 1. The molecule has 1 aromatic rings. The molecule has 0 radical (unpaired) electrons. The van der Waals surface area contributed by atoms with Gasteiger partial charge in [0.1, 0.15) is 17.6 Å². The van der Waals surface area contributed by atoms with Crippen LogP contribution >= 0.6 is 0 Å². The molecule has 0 unspecified atom stereocenters. The molecule has 0 N–H and O–H groups in total. The fraction of sp³-hybridized carbons (Fsp3) is 0.500. The summed E-state index contributed by atoms with van der Waals surface area (Å²) in [5.41, 5.74) is -0.684. The van der Waals surface area contributed by atoms with Crippen molar-refractivity contribution in [2.24, 2.45) is 0 Å². The van der Waals surface area contributed by atoms with E-state index in [2.05, 4.69) is 0 Å². The Morgan fingerprint density at radius 2 is 2.06 bits per heavy atom. The first-order valence-electron chi connectivity index (χ1n) is 5.16. The second kappa shape index (κ2) is 4.51. The Bertz CT molecular complexity index is 437. The summed E-state index contributed by atoms with van der Waals surface area (Å²) >= 11 is 0. The molecule has 0 aliphatic heterocycles. The van der Waals surface area contributed by atoms with Crippen molar-refractivity contribution < 1.29 is 13.9 Å². The number of hydrogen-bond acceptors (Lipinski definition) is 4. The zero-order chi connectivity index (χ0) is 12.3. The lowest BCUT2D eigenvalue weighted by Crippen LogP contribution is -2.20. The summed E-state index contributed by atoms with van der Waals surface area (Å²) < 4.78 is 10.0. The molecule has 4 nitrogen and oxygen atoms in total. The zero-order valence-electron chi connectivity index (χ0n) is 9.99. The Balaban J connectivity index is 3.11. The van der Waals surface area contributed by atoms with Crippen molar-refractivity contribution in [1.29, 1.82) is 0 Å². The molecule has 16 heavy (non-hydrogen) atoms. The molecule has 0 amide bonds. The summed E-state index contributed by atoms with van der Waals surface area (Å²) in [5.74, 6) is -0.0951. The second-order valence-electron chi connectivity index (χ2n) is 4.49. The third-order valence-corrected chi connectivity index (χ3v) is 2.07. The normalized spacial score (nSPS) is 11.2. The van der Waals surface area contributed by atoms with Gasteiger partial charge in [-0.1, -0.05) is 20.8 Å². The summed E-state index contributed by atoms with van der Waals surface area (Å²) in [6.07, 6.45) is 1.17. The van der Waals surface area contributed by atoms with Crippen LogP contribution in [0.2, 0.25) is 0 Å². The largest absolute Gasteiger partial charge is 0.468 e. The van der Waals surface area contributed by atoms with E-state index in [1.165, 1.54) is 12.3 Å². The predicted molar refractivity (Wildman–Crippen MR) is 59.6 cm³/mol. The van der Waals surface area contributed by atoms with Gasteiger partial charge in [0.15, 0.2) is 5.43 Å². The van der Waals surface area contributed by atoms with Crippen molar-refractivity contribution in [3.05, 3.63) is 33.9 Å². The molecule has 4 heteroatoms. The van der Waals surface area contributed by atoms with Crippen LogP contribution in [0.4, 0.5) is 0 Å². The highest BCUT2D eigenvalue weighted by Gasteiger charge is 2.20. The summed E-state index contributed by atoms with van der Waals surface area (Å²) in [6, 6.07) is 1.34. The fourth-order valence-electron chi connectivity index (χ4n) is 1.16. The zero-order valence-corrected chi connectivity index (χ0v) is 9.99. The lowest BCUT2D eigenvalue weighted by molar-refractivity contribution is 0.0521. The molecule has 1 rings (SSSR count). The summed E-state index contributed by atoms with van der Waals surface area (Å²) in [4.78, 5) is 23.0. The van der Waals surface area contributed by atoms with E-state index in [9.17, 15) is 9.59 Å². The smallest absolute Gasteiger partial charge is 0.345 e. The van der Waals surface area contributed by atoms with Gasteiger partial charge in [-0.05, 0) is 6.92 Å². The van der Waals surface area contributed by atoms with E-state index in [0.29, 0.717) is 5.76 Å². The molecule has 0 atom stereocenters. The lowest BCUT2D eigenvalue weighted by Gasteiger charge is -2.16. The van der Waals surface area contributed by atoms with E-state index >= 15 is 0 Å². The molecule has 0 saturated carbocycles. The molecule has 0 spiro atoms. The predicted octanol–water partition coefficient (Wildman–Crippen LogP) is 2.11. The number of esters is 1. The van der Waals surface area contributed by atoms with Gasteiger partial charge in [-0.25, -0.2) is 4.79 Å². The van der Waals surface area contributed by atoms with Crippen LogP contribution in [0, 0.1) is 0 Å². The van der Waals surface area contributed by atoms with Crippen molar-refractivity contribution >= 4 is 5.97 Å². The molecule has 88 valence electrons. The number of rotatable bonds is 2. The maximum absolute atomic E-state index is 11.6. The van der Waals surface area contributed by atoms with Crippen LogP contribution in [0.1, 0.15) is 43.8 Å². The summed E-state index contributed by atoms with van der Waals surface area (Å²) in [6.45, 7) is 7.70. The third-order valence-electron chi connectivity index (χ3n) is 2.07. The van der Waals surface area contributed by atoms with E-state index in [4.69, 9.17) is 9.15 Å². The first kappa shape index (κ1) is 12.5. The van der Waals surface area contributed by atoms with Gasteiger partial charge in [-0.3, -0.25) is 4.79 Å². The second-order valence-corrected chi connectivity index (χ2v) is 4.49. The molecule has 0 aromatic carbocycles. The molecular weight excluding hydrogens is 208 g/mol. The molecule has 0 aliphatic carbocycles. The number of hydrogen-bond donors (Lipinski definition) is 0. The van der Waals surface area contributed by atoms with Gasteiger partial charge in [0.2, 0.25) is 0 Å². The average Bonchev–Trinajstić information content (AvgIpc) is 2.16. The van der Waals surface area contributed by atoms with Gasteiger partial charge in [0.05, 0.1) is 6.61 Å². The van der Waals surface area contributed by atoms with Crippen molar-refractivity contribution in [1.82, 2.24) is 0 Å². The molecule has 0 aliphatic rings. The Hall–Kier alpha value is -1.58. The van der Waals surface area contributed by atoms with Crippen molar-refractivity contribution in [2.75, 3.05) is 6.61 Å². The minimum Gasteiger partial charge on any atom is -0.468 e. The topological polar surface area (TPSA) is 56.5 Å². The third kappa shape index (κ3) is 2.72. The molecule has 1 aromatic heterocycles. The Morgan fingerprint density at radius 3 is 2.50 bits per heavy atom. The molecule has 1 heterocycles. The van der Waals surface area contributed by atoms with E-state index < -0.39 is 5.97 Å². The van der Waals surface area contributed by atoms with Crippen LogP contribution in [0.5, 0.6) is 0 Å². The minimum absolute atomic E-state index is 0.0603. The Kier molecular flexibility index (Phi) is 3.52. The van der Waals surface area contributed by atoms with Crippen LogP contribution in [-0.4, -0.2) is 12.6 Å². The summed E-state index contributed by atoms with van der Waals surface area (Å²) in [5, 5.41) is 0. The SMILES string of the molecule is CCOC(=O)c1coc(C(C)(C)C)cc1=O. The van der Waals surface area contributed by atoms with E-state index in [1.807, 2.05) is 20.8 Å². The first-order chi connectivity index (χ1) is 7.36. The highest BCUT2D eigenvalue weighted by atomic mass is 16.5. The van der Waals surface area contributed by atoms with Crippen LogP contribution in [0.15, 0.2) is 21.5 Å². The maximum Gasteiger partial charge on any atom is 0.345 e. The van der Waals surface area contributed by atoms with Crippen molar-refractivity contribution in [3.63, 3.8) is 0 Å². The van der Waals surface area contributed by atoms with Gasteiger partial charge in [-0.2, -0.15) is 0 Å². The Labute approximate surface area is 94.2 Å². The highest BCUT2D eigenvalue weighted by Crippen LogP contribution is 2.20. The van der Waals surface area contributed by atoms with Crippen LogP contribution in [0.25, 0.3) is 0 Å². The van der Waals surface area contributed by atoms with Gasteiger partial charge in [-0.15, -0.1) is 0 Å². The fourth-order valence-corrected chi connectivity index (χ4v) is 1.16. The standard InChI is InChI=1S/C12H16O4/c1-5-15-11(14)8-7-16-10(6-9(8)13)12(2,3)4/h6-7H,5H2,1-4H3. The number of carbonyl (C=O) groups excluding carboxylic acids is 1. The van der Waals surface area contributed by atoms with Gasteiger partial charge in [0, 0.05) is 11.5 Å². The van der Waals surface area contributed by atoms with Crippen LogP contribution in [-0.2, 0) is 10.2 Å². The molecular formula is C12H16O4. The first-order valence-corrected chi connectivity index (χ1v) is 5.16. The quantitative estimate of drug-likeness (QED) is 0.722. The van der Waals surface area contributed by atoms with E-state index in [-0.39, 0.29) is 23.0 Å². The Morgan fingerprint density at radius 1 is 1.44 bits per heavy atom. The van der Waals surface area contributed by atoms with E-state index in [0.717, 1.165) is 0 Å². The van der Waals surface area contributed by atoms with Gasteiger partial charge in [0.25, 0.3) is 0 Å². The minimum atomic E-state index is -0.642. The van der Waals surface area contributed by atoms with Gasteiger partial charge >= 0.3 is 5.97 Å². The molecule has 0 fully saturated rings. The monoisotopic (exact) mass is 224 g/mol.